The van der Waals surface area contributed by atoms with Crippen LogP contribution in [0.4, 0.5) is 0 Å². The van der Waals surface area contributed by atoms with Gasteiger partial charge in [0.2, 0.25) is 5.91 Å². The van der Waals surface area contributed by atoms with E-state index in [1.54, 1.807) is 6.92 Å². The monoisotopic (exact) mass is 280 g/mol. The molecule has 1 saturated carbocycles. The molecule has 0 aromatic rings. The van der Waals surface area contributed by atoms with Crippen molar-refractivity contribution in [1.29, 1.82) is 0 Å². The van der Waals surface area contributed by atoms with Crippen LogP contribution in [-0.4, -0.2) is 42.3 Å². The Bertz CT molecular complexity index is 356. The van der Waals surface area contributed by atoms with Gasteiger partial charge in [-0.3, -0.25) is 14.5 Å². The SMILES string of the molecule is CCN1CCC[C@H]1CNC(=O)[C@@H]1CCCC[C@@H]1C(C)=O. The van der Waals surface area contributed by atoms with Crippen molar-refractivity contribution < 1.29 is 9.59 Å². The van der Waals surface area contributed by atoms with Crippen molar-refractivity contribution in [3.05, 3.63) is 0 Å². The van der Waals surface area contributed by atoms with Gasteiger partial charge in [0.25, 0.3) is 0 Å². The highest BCUT2D eigenvalue weighted by atomic mass is 16.2. The topological polar surface area (TPSA) is 49.4 Å². The van der Waals surface area contributed by atoms with Crippen LogP contribution >= 0.6 is 0 Å². The number of Topliss-reactive ketones (excluding diaryl/α,β-unsaturated/α-hetero) is 1. The summed E-state index contributed by atoms with van der Waals surface area (Å²) < 4.78 is 0. The minimum Gasteiger partial charge on any atom is -0.354 e. The molecular formula is C16H28N2O2. The zero-order valence-electron chi connectivity index (χ0n) is 12.9. The Morgan fingerprint density at radius 2 is 1.80 bits per heavy atom. The van der Waals surface area contributed by atoms with Crippen LogP contribution in [-0.2, 0) is 9.59 Å². The molecule has 1 saturated heterocycles. The number of hydrogen-bond donors (Lipinski definition) is 1. The second kappa shape index (κ2) is 7.21. The van der Waals surface area contributed by atoms with E-state index in [1.165, 1.54) is 12.8 Å². The molecule has 1 amide bonds. The summed E-state index contributed by atoms with van der Waals surface area (Å²) in [5, 5.41) is 3.11. The first kappa shape index (κ1) is 15.5. The molecule has 1 aliphatic carbocycles. The Labute approximate surface area is 122 Å². The first-order valence-corrected chi connectivity index (χ1v) is 8.15. The van der Waals surface area contributed by atoms with Crippen molar-refractivity contribution >= 4 is 11.7 Å². The van der Waals surface area contributed by atoms with E-state index in [2.05, 4.69) is 17.1 Å². The van der Waals surface area contributed by atoms with E-state index < -0.39 is 0 Å². The molecule has 2 rings (SSSR count). The molecule has 1 N–H and O–H groups in total. The van der Waals surface area contributed by atoms with Crippen LogP contribution in [0.2, 0.25) is 0 Å². The quantitative estimate of drug-likeness (QED) is 0.838. The van der Waals surface area contributed by atoms with Gasteiger partial charge in [0, 0.05) is 24.4 Å². The molecule has 3 atom stereocenters. The standard InChI is InChI=1S/C16H28N2O2/c1-3-18-10-6-7-13(18)11-17-16(20)15-9-5-4-8-14(15)12(2)19/h13-15H,3-11H2,1-2H3,(H,17,20)/t13-,14+,15+/m0/s1. The lowest BCUT2D eigenvalue weighted by atomic mass is 9.77. The van der Waals surface area contributed by atoms with Crippen molar-refractivity contribution in [3.8, 4) is 0 Å². The van der Waals surface area contributed by atoms with Crippen molar-refractivity contribution in [3.63, 3.8) is 0 Å². The first-order valence-electron chi connectivity index (χ1n) is 8.15. The van der Waals surface area contributed by atoms with Crippen molar-refractivity contribution in [1.82, 2.24) is 10.2 Å². The van der Waals surface area contributed by atoms with E-state index in [0.717, 1.165) is 45.3 Å². The zero-order chi connectivity index (χ0) is 14.5. The smallest absolute Gasteiger partial charge is 0.223 e. The van der Waals surface area contributed by atoms with Crippen molar-refractivity contribution in [2.45, 2.75) is 58.4 Å². The van der Waals surface area contributed by atoms with E-state index in [9.17, 15) is 9.59 Å². The molecule has 4 heteroatoms. The van der Waals surface area contributed by atoms with Gasteiger partial charge in [-0.2, -0.15) is 0 Å². The number of likely N-dealkylation sites (tertiary alicyclic amines) is 1. The number of ketones is 1. The molecule has 114 valence electrons. The highest BCUT2D eigenvalue weighted by Crippen LogP contribution is 2.31. The van der Waals surface area contributed by atoms with Gasteiger partial charge in [0.1, 0.15) is 5.78 Å². The van der Waals surface area contributed by atoms with Crippen LogP contribution in [0.3, 0.4) is 0 Å². The van der Waals surface area contributed by atoms with Crippen molar-refractivity contribution in [2.75, 3.05) is 19.6 Å². The largest absolute Gasteiger partial charge is 0.354 e. The number of nitrogens with one attached hydrogen (secondary N) is 1. The van der Waals surface area contributed by atoms with Crippen LogP contribution in [0, 0.1) is 11.8 Å². The van der Waals surface area contributed by atoms with Gasteiger partial charge in [-0.25, -0.2) is 0 Å². The van der Waals surface area contributed by atoms with Gasteiger partial charge >= 0.3 is 0 Å². The summed E-state index contributed by atoms with van der Waals surface area (Å²) in [5.41, 5.74) is 0. The number of rotatable bonds is 5. The number of carbonyl (C=O) groups excluding carboxylic acids is 2. The van der Waals surface area contributed by atoms with Crippen LogP contribution in [0.15, 0.2) is 0 Å². The summed E-state index contributed by atoms with van der Waals surface area (Å²) in [5.74, 6) is 0.154. The number of likely N-dealkylation sites (N-methyl/N-ethyl adjacent to an activating group) is 1. The predicted octanol–water partition coefficient (Wildman–Crippen LogP) is 1.98. The highest BCUT2D eigenvalue weighted by Gasteiger charge is 2.34. The second-order valence-electron chi connectivity index (χ2n) is 6.28. The maximum absolute atomic E-state index is 12.4. The molecule has 0 radical (unpaired) electrons. The van der Waals surface area contributed by atoms with Crippen LogP contribution in [0.25, 0.3) is 0 Å². The predicted molar refractivity (Wildman–Crippen MR) is 79.4 cm³/mol. The third-order valence-electron chi connectivity index (χ3n) is 5.04. The molecule has 4 nitrogen and oxygen atoms in total. The summed E-state index contributed by atoms with van der Waals surface area (Å²) in [7, 11) is 0. The van der Waals surface area contributed by atoms with Gasteiger partial charge in [-0.05, 0) is 45.7 Å². The Kier molecular flexibility index (Phi) is 5.58. The Morgan fingerprint density at radius 1 is 1.10 bits per heavy atom. The van der Waals surface area contributed by atoms with Gasteiger partial charge in [0.15, 0.2) is 0 Å². The Hall–Kier alpha value is -0.900. The summed E-state index contributed by atoms with van der Waals surface area (Å²) in [6.07, 6.45) is 6.33. The summed E-state index contributed by atoms with van der Waals surface area (Å²) in [4.78, 5) is 26.5. The number of nitrogens with zero attached hydrogens (tertiary/aromatic N) is 1. The molecular weight excluding hydrogens is 252 g/mol. The van der Waals surface area contributed by atoms with Gasteiger partial charge in [0.05, 0.1) is 0 Å². The van der Waals surface area contributed by atoms with Crippen molar-refractivity contribution in [2.24, 2.45) is 11.8 Å². The fourth-order valence-electron chi connectivity index (χ4n) is 3.82. The Morgan fingerprint density at radius 3 is 2.45 bits per heavy atom. The van der Waals surface area contributed by atoms with Crippen LogP contribution in [0.5, 0.6) is 0 Å². The second-order valence-corrected chi connectivity index (χ2v) is 6.28. The molecule has 2 aliphatic rings. The van der Waals surface area contributed by atoms with Crippen LogP contribution in [0.1, 0.15) is 52.4 Å². The summed E-state index contributed by atoms with van der Waals surface area (Å²) in [6, 6.07) is 0.489. The van der Waals surface area contributed by atoms with E-state index in [0.29, 0.717) is 6.04 Å². The third kappa shape index (κ3) is 3.60. The van der Waals surface area contributed by atoms with E-state index in [-0.39, 0.29) is 23.5 Å². The average Bonchev–Trinajstić information content (AvgIpc) is 2.92. The minimum absolute atomic E-state index is 0.0467. The first-order chi connectivity index (χ1) is 9.63. The number of carbonyl (C=O) groups is 2. The fraction of sp³-hybridized carbons (Fsp3) is 0.875. The lowest BCUT2D eigenvalue weighted by molar-refractivity contribution is -0.134. The van der Waals surface area contributed by atoms with Crippen LogP contribution < -0.4 is 5.32 Å². The van der Waals surface area contributed by atoms with E-state index in [1.807, 2.05) is 0 Å². The molecule has 0 spiro atoms. The molecule has 2 fully saturated rings. The lowest BCUT2D eigenvalue weighted by Gasteiger charge is -2.30. The molecule has 0 aromatic carbocycles. The Balaban J connectivity index is 1.85. The molecule has 20 heavy (non-hydrogen) atoms. The maximum atomic E-state index is 12.4. The lowest BCUT2D eigenvalue weighted by Crippen LogP contribution is -2.44. The fourth-order valence-corrected chi connectivity index (χ4v) is 3.82. The van der Waals surface area contributed by atoms with Gasteiger partial charge in [-0.1, -0.05) is 19.8 Å². The molecule has 0 unspecified atom stereocenters. The van der Waals surface area contributed by atoms with Gasteiger partial charge in [-0.15, -0.1) is 0 Å². The third-order valence-corrected chi connectivity index (χ3v) is 5.04. The van der Waals surface area contributed by atoms with Gasteiger partial charge < -0.3 is 5.32 Å². The zero-order valence-corrected chi connectivity index (χ0v) is 12.9. The molecule has 0 aromatic heterocycles. The highest BCUT2D eigenvalue weighted by molar-refractivity contribution is 5.87. The normalized spacial score (nSPS) is 31.2. The molecule has 0 bridgehead atoms. The number of hydrogen-bond acceptors (Lipinski definition) is 3. The van der Waals surface area contributed by atoms with E-state index >= 15 is 0 Å². The number of amides is 1. The maximum Gasteiger partial charge on any atom is 0.223 e. The van der Waals surface area contributed by atoms with E-state index in [4.69, 9.17) is 0 Å². The average molecular weight is 280 g/mol. The minimum atomic E-state index is -0.0854. The molecule has 1 aliphatic heterocycles. The summed E-state index contributed by atoms with van der Waals surface area (Å²) >= 11 is 0. The summed E-state index contributed by atoms with van der Waals surface area (Å²) in [6.45, 7) is 6.75. The molecule has 1 heterocycles.